The number of primary amides is 1. The number of nitrogens with zero attached hydrogens (tertiary/aromatic N) is 2. The van der Waals surface area contributed by atoms with E-state index in [0.29, 0.717) is 11.4 Å². The first-order valence-electron chi connectivity index (χ1n) is 11.6. The average Bonchev–Trinajstić information content (AvgIpc) is 3.53. The number of nitrogens with one attached hydrogen (secondary N) is 5. The molecule has 2 rings (SSSR count). The Morgan fingerprint density at radius 1 is 0.892 bits per heavy atom. The van der Waals surface area contributed by atoms with Gasteiger partial charge in [-0.2, -0.15) is 0 Å². The summed E-state index contributed by atoms with van der Waals surface area (Å²) in [5, 5.41) is 17.0. The SMILES string of the molecule is CC(C)C(NC(=O)C(CCC(N)=O)NC(=O)C(N)Cc1cnc[nH]1)C(=O)NC(Cc1cnc[nH]1)C(=O)O. The maximum atomic E-state index is 13.1. The second-order valence-corrected chi connectivity index (χ2v) is 8.86. The lowest BCUT2D eigenvalue weighted by Crippen LogP contribution is -2.58. The minimum Gasteiger partial charge on any atom is -0.480 e. The smallest absolute Gasteiger partial charge is 0.326 e. The first-order chi connectivity index (χ1) is 17.5. The Kier molecular flexibility index (Phi) is 10.7. The van der Waals surface area contributed by atoms with Gasteiger partial charge in [0.05, 0.1) is 18.7 Å². The van der Waals surface area contributed by atoms with Gasteiger partial charge < -0.3 is 42.5 Å². The van der Waals surface area contributed by atoms with Gasteiger partial charge in [-0.25, -0.2) is 14.8 Å². The fraction of sp³-hybridized carbons (Fsp3) is 0.500. The molecule has 4 unspecified atom stereocenters. The zero-order valence-electron chi connectivity index (χ0n) is 20.6. The van der Waals surface area contributed by atoms with Crippen LogP contribution in [0.3, 0.4) is 0 Å². The van der Waals surface area contributed by atoms with E-state index in [9.17, 15) is 29.1 Å². The minimum absolute atomic E-state index is 0.0502. The summed E-state index contributed by atoms with van der Waals surface area (Å²) in [6, 6.07) is -4.66. The van der Waals surface area contributed by atoms with Crippen LogP contribution in [0.1, 0.15) is 38.1 Å². The van der Waals surface area contributed by atoms with Crippen molar-refractivity contribution >= 4 is 29.6 Å². The van der Waals surface area contributed by atoms with Gasteiger partial charge in [0.15, 0.2) is 0 Å². The molecular weight excluding hydrogens is 486 g/mol. The quantitative estimate of drug-likeness (QED) is 0.126. The molecule has 0 radical (unpaired) electrons. The molecule has 0 aliphatic carbocycles. The third kappa shape index (κ3) is 9.36. The maximum absolute atomic E-state index is 13.1. The molecule has 4 atom stereocenters. The summed E-state index contributed by atoms with van der Waals surface area (Å²) in [5.41, 5.74) is 12.3. The monoisotopic (exact) mass is 519 g/mol. The fourth-order valence-corrected chi connectivity index (χ4v) is 3.43. The van der Waals surface area contributed by atoms with Crippen molar-refractivity contribution in [2.24, 2.45) is 17.4 Å². The molecule has 0 spiro atoms. The fourth-order valence-electron chi connectivity index (χ4n) is 3.43. The lowest BCUT2D eigenvalue weighted by molar-refractivity contribution is -0.142. The van der Waals surface area contributed by atoms with Gasteiger partial charge in [-0.1, -0.05) is 13.8 Å². The van der Waals surface area contributed by atoms with E-state index in [2.05, 4.69) is 35.9 Å². The Morgan fingerprint density at radius 2 is 1.46 bits per heavy atom. The number of aromatic amines is 2. The van der Waals surface area contributed by atoms with Crippen LogP contribution < -0.4 is 27.4 Å². The Morgan fingerprint density at radius 3 is 1.95 bits per heavy atom. The normalized spacial score (nSPS) is 14.3. The van der Waals surface area contributed by atoms with Crippen molar-refractivity contribution in [3.8, 4) is 0 Å². The molecule has 0 saturated heterocycles. The molecule has 2 aromatic rings. The van der Waals surface area contributed by atoms with Crippen LogP contribution in [0.2, 0.25) is 0 Å². The number of hydrogen-bond acceptors (Lipinski definition) is 8. The molecule has 0 bridgehead atoms. The number of carboxylic acid groups (broad SMARTS) is 1. The number of carboxylic acids is 1. The first kappa shape index (κ1) is 29.0. The van der Waals surface area contributed by atoms with Gasteiger partial charge in [0.2, 0.25) is 23.6 Å². The van der Waals surface area contributed by atoms with Crippen molar-refractivity contribution in [3.05, 3.63) is 36.4 Å². The third-order valence-electron chi connectivity index (χ3n) is 5.48. The van der Waals surface area contributed by atoms with Crippen molar-refractivity contribution in [2.75, 3.05) is 0 Å². The standard InChI is InChI=1S/C22H33N9O6/c1-11(2)18(21(35)30-16(22(36)37)6-13-8-26-10-28-13)31-20(34)15(3-4-17(24)32)29-19(33)14(23)5-12-7-25-9-27-12/h7-11,14-16,18H,3-6,23H2,1-2H3,(H2,24,32)(H,25,27)(H,26,28)(H,29,33)(H,30,35)(H,31,34)(H,36,37). The summed E-state index contributed by atoms with van der Waals surface area (Å²) >= 11 is 0. The summed E-state index contributed by atoms with van der Waals surface area (Å²) in [4.78, 5) is 75.0. The molecule has 4 amide bonds. The van der Waals surface area contributed by atoms with E-state index in [4.69, 9.17) is 11.5 Å². The van der Waals surface area contributed by atoms with Crippen LogP contribution >= 0.6 is 0 Å². The maximum Gasteiger partial charge on any atom is 0.326 e. The van der Waals surface area contributed by atoms with E-state index in [-0.39, 0.29) is 25.7 Å². The Bertz CT molecular complexity index is 1050. The molecule has 0 saturated carbocycles. The van der Waals surface area contributed by atoms with Gasteiger partial charge >= 0.3 is 5.97 Å². The number of rotatable bonds is 15. The van der Waals surface area contributed by atoms with Crippen molar-refractivity contribution < 1.29 is 29.1 Å². The number of hydrogen-bond donors (Lipinski definition) is 8. The van der Waals surface area contributed by atoms with Crippen LogP contribution in [0, 0.1) is 5.92 Å². The van der Waals surface area contributed by atoms with Crippen LogP contribution in [0.15, 0.2) is 25.0 Å². The topological polar surface area (TPSA) is 251 Å². The highest BCUT2D eigenvalue weighted by Gasteiger charge is 2.32. The van der Waals surface area contributed by atoms with Crippen molar-refractivity contribution in [1.29, 1.82) is 0 Å². The molecule has 10 N–H and O–H groups in total. The zero-order chi connectivity index (χ0) is 27.5. The number of aromatic nitrogens is 4. The third-order valence-corrected chi connectivity index (χ3v) is 5.48. The molecule has 202 valence electrons. The van der Waals surface area contributed by atoms with E-state index in [0.717, 1.165) is 0 Å². The number of nitrogens with two attached hydrogens (primary N) is 2. The van der Waals surface area contributed by atoms with Gasteiger partial charge in [0.1, 0.15) is 18.1 Å². The first-order valence-corrected chi connectivity index (χ1v) is 11.6. The van der Waals surface area contributed by atoms with Gasteiger partial charge in [-0.05, 0) is 12.3 Å². The van der Waals surface area contributed by atoms with Gasteiger partial charge in [-0.15, -0.1) is 0 Å². The number of H-pyrrole nitrogens is 2. The minimum atomic E-state index is -1.28. The predicted molar refractivity (Wildman–Crippen MR) is 129 cm³/mol. The van der Waals surface area contributed by atoms with Crippen molar-refractivity contribution in [2.45, 2.75) is 63.7 Å². The Hall–Kier alpha value is -4.27. The summed E-state index contributed by atoms with van der Waals surface area (Å²) in [6.45, 7) is 3.32. The number of amides is 4. The number of imidazole rings is 2. The largest absolute Gasteiger partial charge is 0.480 e. The Labute approximate surface area is 212 Å². The molecule has 0 aliphatic rings. The van der Waals surface area contributed by atoms with Crippen molar-refractivity contribution in [1.82, 2.24) is 35.9 Å². The van der Waals surface area contributed by atoms with Gasteiger partial charge in [0.25, 0.3) is 0 Å². The number of carbonyl (C=O) groups is 5. The van der Waals surface area contributed by atoms with Crippen LogP contribution in [0.4, 0.5) is 0 Å². The van der Waals surface area contributed by atoms with Gasteiger partial charge in [0, 0.05) is 43.0 Å². The summed E-state index contributed by atoms with van der Waals surface area (Å²) in [5.74, 6) is -4.54. The molecule has 15 heteroatoms. The number of carbonyl (C=O) groups excluding carboxylic acids is 4. The molecule has 2 heterocycles. The molecule has 0 aliphatic heterocycles. The van der Waals surface area contributed by atoms with E-state index in [1.54, 1.807) is 13.8 Å². The van der Waals surface area contributed by atoms with E-state index in [1.165, 1.54) is 25.0 Å². The lowest BCUT2D eigenvalue weighted by Gasteiger charge is -2.27. The van der Waals surface area contributed by atoms with Crippen molar-refractivity contribution in [3.63, 3.8) is 0 Å². The summed E-state index contributed by atoms with van der Waals surface area (Å²) in [7, 11) is 0. The molecule has 37 heavy (non-hydrogen) atoms. The average molecular weight is 520 g/mol. The highest BCUT2D eigenvalue weighted by Crippen LogP contribution is 2.08. The summed E-state index contributed by atoms with van der Waals surface area (Å²) in [6.07, 6.45) is 5.50. The highest BCUT2D eigenvalue weighted by atomic mass is 16.4. The van der Waals surface area contributed by atoms with Crippen LogP contribution in [0.25, 0.3) is 0 Å². The Balaban J connectivity index is 2.09. The second-order valence-electron chi connectivity index (χ2n) is 8.86. The van der Waals surface area contributed by atoms with Crippen LogP contribution in [-0.4, -0.2) is 78.8 Å². The van der Waals surface area contributed by atoms with Gasteiger partial charge in [-0.3, -0.25) is 19.2 Å². The molecule has 2 aromatic heterocycles. The highest BCUT2D eigenvalue weighted by molar-refractivity contribution is 5.94. The van der Waals surface area contributed by atoms with Crippen LogP contribution in [-0.2, 0) is 36.8 Å². The van der Waals surface area contributed by atoms with E-state index >= 15 is 0 Å². The van der Waals surface area contributed by atoms with Crippen LogP contribution in [0.5, 0.6) is 0 Å². The predicted octanol–water partition coefficient (Wildman–Crippen LogP) is -2.29. The van der Waals surface area contributed by atoms with E-state index < -0.39 is 59.7 Å². The lowest BCUT2D eigenvalue weighted by atomic mass is 10.0. The zero-order valence-corrected chi connectivity index (χ0v) is 20.6. The summed E-state index contributed by atoms with van der Waals surface area (Å²) < 4.78 is 0. The molecule has 0 fully saturated rings. The number of aliphatic carboxylic acids is 1. The molecular formula is C22H33N9O6. The molecule has 0 aromatic carbocycles. The molecule has 15 nitrogen and oxygen atoms in total. The van der Waals surface area contributed by atoms with E-state index in [1.807, 2.05) is 0 Å². The second kappa shape index (κ2) is 13.7.